The van der Waals surface area contributed by atoms with Crippen molar-refractivity contribution in [3.63, 3.8) is 0 Å². The van der Waals surface area contributed by atoms with Crippen LogP contribution in [0, 0.1) is 5.92 Å². The second-order valence-corrected chi connectivity index (χ2v) is 24.9. The van der Waals surface area contributed by atoms with E-state index in [1.807, 2.05) is 36.4 Å². The first-order valence-corrected chi connectivity index (χ1v) is 35.5. The molecular weight excluding hydrogens is 1330 g/mol. The van der Waals surface area contributed by atoms with Crippen LogP contribution in [0.5, 0.6) is 0 Å². The standard InChI is InChI=1S/C39H52ClNO7S.C37H50ClNO6S.CH4.ClH/c1-3-4-5-6-7-8-9-10-11-12-13-14-15-16-17-18-19-24-38(43)47-31-48-39(44)27-33-28-41(26-25-37(33)49-32-45-2)36(29-46-30-42)34-22-20-21-23-35(34)40;1-2-3-4-5-6-7-8-9-10-11-12-13-14-15-16-17-18-23-36(41)44-30-45-37(42)26-31-27-39(25-24-35(31)46)34(28-43-29-40)32-21-19-20-22-33(32)38;;/h4-5,7-8,10-11,13-14,16-17,20-23,27,30,36-37H,3,6,9,12,15,18-19,24-26,28-29,31-32H2,1-2H3;3-4,6-7,9-10,12-13,15-16,19-22,29,31,34-35,46H,2,5,8,11,14,17-18,23-28,30H2,1H3;1H4;1H/b5-4-,8-7-,11-10-,14-13-,17-16-,33-27-;4-3-,7-6-,10-9-,13-12-,16-15-;;/t36-,37?;31?,34-,35?;;/m11../s1. The number of carbonyl (C=O) groups excluding carboxylic acids is 6. The van der Waals surface area contributed by atoms with Crippen molar-refractivity contribution in [2.24, 2.45) is 5.92 Å². The molecule has 15 nitrogen and oxygen atoms in total. The van der Waals surface area contributed by atoms with E-state index in [1.165, 1.54) is 6.08 Å². The third-order valence-electron chi connectivity index (χ3n) is 15.1. The molecule has 2 aliphatic rings. The third kappa shape index (κ3) is 42.4. The number of nitrogens with zero attached hydrogens (tertiary/aromatic N) is 2. The fraction of sp³-hybridized carbons (Fsp3) is 0.481. The molecule has 2 aliphatic heterocycles. The average Bonchev–Trinajstić information content (AvgIpc) is 0.830. The van der Waals surface area contributed by atoms with Crippen LogP contribution in [-0.2, 0) is 61.9 Å². The highest BCUT2D eigenvalue weighted by molar-refractivity contribution is 7.99. The minimum atomic E-state index is -0.593. The number of likely N-dealkylation sites (tertiary alicyclic amines) is 2. The number of esters is 4. The van der Waals surface area contributed by atoms with Gasteiger partial charge in [0.2, 0.25) is 13.6 Å². The Bertz CT molecular complexity index is 2850. The van der Waals surface area contributed by atoms with Gasteiger partial charge in [0.05, 0.1) is 24.4 Å². The summed E-state index contributed by atoms with van der Waals surface area (Å²) in [6.45, 7) is 6.95. The lowest BCUT2D eigenvalue weighted by Gasteiger charge is -2.40. The molecule has 97 heavy (non-hydrogen) atoms. The first-order valence-electron chi connectivity index (χ1n) is 33.2. The summed E-state index contributed by atoms with van der Waals surface area (Å²) >= 11 is 19.2. The Kier molecular flexibility index (Phi) is 54.8. The molecule has 2 heterocycles. The predicted octanol–water partition coefficient (Wildman–Crippen LogP) is 18.4. The van der Waals surface area contributed by atoms with E-state index in [0.29, 0.717) is 61.4 Å². The SMILES string of the molecule is C.CC/C=C\C/C=C\C/C=C\C/C=C\C/C=C\CCCC(=O)OCOC(=O)/C=C1/CN([C@H](COC=O)c2ccccc2Cl)CCC1SCOC.CC/C=C\C/C=C\C/C=C\C/C=C\C/C=C\CCCC(=O)OCOC(=O)CC1CN([C@H](COC=O)c2ccccc2Cl)CCC1S.Cl. The van der Waals surface area contributed by atoms with Crippen molar-refractivity contribution in [1.82, 2.24) is 9.80 Å². The number of halogens is 3. The van der Waals surface area contributed by atoms with Crippen molar-refractivity contribution in [3.05, 3.63) is 203 Å². The number of allylic oxidation sites excluding steroid dienone is 20. The molecule has 2 fully saturated rings. The number of thiol groups is 1. The number of benzene rings is 2. The summed E-state index contributed by atoms with van der Waals surface area (Å²) < 4.78 is 36.2. The molecule has 0 spiro atoms. The van der Waals surface area contributed by atoms with Crippen LogP contribution in [0.15, 0.2) is 182 Å². The molecule has 5 atom stereocenters. The van der Waals surface area contributed by atoms with Gasteiger partial charge in [-0.2, -0.15) is 12.6 Å². The fourth-order valence-electron chi connectivity index (χ4n) is 10.1. The molecule has 0 saturated carbocycles. The van der Waals surface area contributed by atoms with Gasteiger partial charge in [0.1, 0.15) is 13.2 Å². The number of methoxy groups -OCH3 is 1. The van der Waals surface area contributed by atoms with Crippen LogP contribution in [0.2, 0.25) is 10.0 Å². The molecule has 0 N–H and O–H groups in total. The van der Waals surface area contributed by atoms with E-state index in [9.17, 15) is 28.8 Å². The number of hydrogen-bond donors (Lipinski definition) is 1. The Morgan fingerprint density at radius 3 is 1.40 bits per heavy atom. The molecule has 0 aliphatic carbocycles. The summed E-state index contributed by atoms with van der Waals surface area (Å²) in [6, 6.07) is 14.4. The topological polar surface area (TPSA) is 174 Å². The van der Waals surface area contributed by atoms with Crippen LogP contribution < -0.4 is 0 Å². The Hall–Kier alpha value is -6.15. The van der Waals surface area contributed by atoms with Gasteiger partial charge in [-0.15, -0.1) is 24.2 Å². The Labute approximate surface area is 605 Å². The first kappa shape index (κ1) is 88.9. The minimum absolute atomic E-state index is 0. The summed E-state index contributed by atoms with van der Waals surface area (Å²) in [5.41, 5.74) is 2.53. The van der Waals surface area contributed by atoms with Crippen molar-refractivity contribution in [2.75, 3.05) is 66.0 Å². The van der Waals surface area contributed by atoms with Crippen LogP contribution >= 0.6 is 60.0 Å². The Morgan fingerprint density at radius 2 is 0.969 bits per heavy atom. The maximum absolute atomic E-state index is 12.7. The second-order valence-electron chi connectivity index (χ2n) is 22.2. The number of rotatable bonds is 46. The van der Waals surface area contributed by atoms with Crippen molar-refractivity contribution in [2.45, 2.75) is 166 Å². The van der Waals surface area contributed by atoms with E-state index >= 15 is 0 Å². The van der Waals surface area contributed by atoms with Crippen LogP contribution in [0.1, 0.15) is 166 Å². The molecule has 4 rings (SSSR count). The van der Waals surface area contributed by atoms with Crippen molar-refractivity contribution < 1.29 is 61.9 Å². The number of carbonyl (C=O) groups is 6. The van der Waals surface area contributed by atoms with Gasteiger partial charge < -0.3 is 33.2 Å². The zero-order chi connectivity index (χ0) is 68.6. The quantitative estimate of drug-likeness (QED) is 0.00968. The van der Waals surface area contributed by atoms with Crippen molar-refractivity contribution in [3.8, 4) is 0 Å². The van der Waals surface area contributed by atoms with E-state index < -0.39 is 37.5 Å². The number of thioether (sulfide) groups is 1. The highest BCUT2D eigenvalue weighted by Crippen LogP contribution is 2.36. The first-order chi connectivity index (χ1) is 46.4. The monoisotopic (exact) mass is 1440 g/mol. The molecule has 0 radical (unpaired) electrons. The van der Waals surface area contributed by atoms with E-state index in [4.69, 9.17) is 69.0 Å². The summed E-state index contributed by atoms with van der Waals surface area (Å²) in [5.74, 6) is -1.47. The predicted molar refractivity (Wildman–Crippen MR) is 402 cm³/mol. The molecule has 3 unspecified atom stereocenters. The summed E-state index contributed by atoms with van der Waals surface area (Å²) in [5, 5.41) is 1.19. The fourth-order valence-corrected chi connectivity index (χ4v) is 11.9. The smallest absolute Gasteiger partial charge is 0.333 e. The molecule has 2 saturated heterocycles. The molecule has 2 aromatic rings. The van der Waals surface area contributed by atoms with E-state index in [-0.39, 0.29) is 80.8 Å². The lowest BCUT2D eigenvalue weighted by Crippen LogP contribution is -2.45. The second kappa shape index (κ2) is 59.9. The maximum atomic E-state index is 12.7. The van der Waals surface area contributed by atoms with E-state index in [2.05, 4.69) is 145 Å². The van der Waals surface area contributed by atoms with Crippen molar-refractivity contribution >= 4 is 96.8 Å². The van der Waals surface area contributed by atoms with Gasteiger partial charge in [0, 0.05) is 66.2 Å². The summed E-state index contributed by atoms with van der Waals surface area (Å²) in [7, 11) is 1.63. The highest BCUT2D eigenvalue weighted by Gasteiger charge is 2.35. The number of hydrogen-bond acceptors (Lipinski definition) is 17. The molecule has 2 aromatic carbocycles. The van der Waals surface area contributed by atoms with Gasteiger partial charge in [-0.05, 0) is 144 Å². The summed E-state index contributed by atoms with van der Waals surface area (Å²) in [6.07, 6.45) is 59.1. The van der Waals surface area contributed by atoms with Crippen LogP contribution in [0.25, 0.3) is 0 Å². The lowest BCUT2D eigenvalue weighted by atomic mass is 9.92. The van der Waals surface area contributed by atoms with Gasteiger partial charge in [-0.3, -0.25) is 33.8 Å². The molecular formula is C77H107Cl3N2O13S2. The Balaban J connectivity index is 0.000000952. The van der Waals surface area contributed by atoms with Crippen molar-refractivity contribution in [1.29, 1.82) is 0 Å². The van der Waals surface area contributed by atoms with Gasteiger partial charge in [-0.25, -0.2) is 4.79 Å². The zero-order valence-corrected chi connectivity index (χ0v) is 60.3. The van der Waals surface area contributed by atoms with Gasteiger partial charge in [0.15, 0.2) is 0 Å². The minimum Gasteiger partial charge on any atom is -0.466 e. The number of piperidine rings is 2. The molecule has 0 aromatic heterocycles. The average molecular weight is 1440 g/mol. The molecule has 536 valence electrons. The summed E-state index contributed by atoms with van der Waals surface area (Å²) in [4.78, 5) is 75.8. The zero-order valence-electron chi connectivity index (χ0n) is 56.3. The van der Waals surface area contributed by atoms with E-state index in [1.54, 1.807) is 31.0 Å². The highest BCUT2D eigenvalue weighted by atomic mass is 35.5. The normalized spacial score (nSPS) is 17.3. The molecule has 0 amide bonds. The number of ether oxygens (including phenoxy) is 7. The van der Waals surface area contributed by atoms with Gasteiger partial charge >= 0.3 is 23.9 Å². The Morgan fingerprint density at radius 1 is 0.567 bits per heavy atom. The largest absolute Gasteiger partial charge is 0.466 e. The number of unbranched alkanes of at least 4 members (excludes halogenated alkanes) is 2. The van der Waals surface area contributed by atoms with E-state index in [0.717, 1.165) is 113 Å². The third-order valence-corrected chi connectivity index (χ3v) is 17.7. The van der Waals surface area contributed by atoms with Crippen LogP contribution in [0.3, 0.4) is 0 Å². The van der Waals surface area contributed by atoms with Gasteiger partial charge in [0.25, 0.3) is 12.9 Å². The van der Waals surface area contributed by atoms with Crippen LogP contribution in [0.4, 0.5) is 0 Å². The maximum Gasteiger partial charge on any atom is 0.333 e. The van der Waals surface area contributed by atoms with Crippen LogP contribution in [-0.4, -0.2) is 123 Å². The lowest BCUT2D eigenvalue weighted by molar-refractivity contribution is -0.168. The van der Waals surface area contributed by atoms with Gasteiger partial charge in [-0.1, -0.05) is 202 Å². The molecule has 20 heteroatoms. The molecule has 0 bridgehead atoms.